The van der Waals surface area contributed by atoms with E-state index >= 15 is 0 Å². The molecule has 0 fully saturated rings. The van der Waals surface area contributed by atoms with E-state index in [1.165, 1.54) is 30.6 Å². The topological polar surface area (TPSA) is 100 Å². The van der Waals surface area contributed by atoms with Crippen LogP contribution in [0.1, 0.15) is 16.7 Å². The first kappa shape index (κ1) is 25.7. The normalized spacial score (nSPS) is 11.5. The summed E-state index contributed by atoms with van der Waals surface area (Å²) in [6.07, 6.45) is -2.16. The first-order valence-corrected chi connectivity index (χ1v) is 10.8. The van der Waals surface area contributed by atoms with Gasteiger partial charge in [0.1, 0.15) is 16.8 Å². The van der Waals surface area contributed by atoms with Crippen molar-refractivity contribution in [1.29, 1.82) is 0 Å². The van der Waals surface area contributed by atoms with Gasteiger partial charge in [0.2, 0.25) is 17.8 Å². The smallest absolute Gasteiger partial charge is 0.350 e. The molecule has 14 heteroatoms. The van der Waals surface area contributed by atoms with Crippen LogP contribution in [0.2, 0.25) is 5.15 Å². The van der Waals surface area contributed by atoms with Gasteiger partial charge in [-0.05, 0) is 35.9 Å². The molecule has 0 aliphatic rings. The summed E-state index contributed by atoms with van der Waals surface area (Å²) in [5, 5.41) is 9.74. The zero-order chi connectivity index (χ0) is 26.4. The number of aromatic nitrogens is 4. The molecule has 4 aromatic rings. The van der Waals surface area contributed by atoms with Crippen LogP contribution in [-0.2, 0) is 12.7 Å². The highest BCUT2D eigenvalue weighted by Gasteiger charge is 2.34. The van der Waals surface area contributed by atoms with Crippen molar-refractivity contribution in [1.82, 2.24) is 19.9 Å². The van der Waals surface area contributed by atoms with Crippen LogP contribution in [0.15, 0.2) is 65.9 Å². The van der Waals surface area contributed by atoms with E-state index in [2.05, 4.69) is 41.1 Å². The van der Waals surface area contributed by atoms with Gasteiger partial charge < -0.3 is 10.6 Å². The monoisotopic (exact) mass is 534 g/mol. The van der Waals surface area contributed by atoms with Crippen LogP contribution in [0.25, 0.3) is 0 Å². The minimum atomic E-state index is -4.89. The maximum Gasteiger partial charge on any atom is 0.419 e. The molecule has 0 atom stereocenters. The number of alkyl halides is 3. The summed E-state index contributed by atoms with van der Waals surface area (Å²) < 4.78 is 66.8. The van der Waals surface area contributed by atoms with Crippen LogP contribution in [0.5, 0.6) is 0 Å². The second-order valence-corrected chi connectivity index (χ2v) is 7.75. The maximum absolute atomic E-state index is 13.8. The molecule has 0 unspecified atom stereocenters. The van der Waals surface area contributed by atoms with Crippen molar-refractivity contribution < 1.29 is 22.0 Å². The van der Waals surface area contributed by atoms with Crippen LogP contribution in [0.3, 0.4) is 0 Å². The molecule has 3 N–H and O–H groups in total. The van der Waals surface area contributed by atoms with Crippen molar-refractivity contribution in [3.8, 4) is 0 Å². The van der Waals surface area contributed by atoms with E-state index in [1.807, 2.05) is 0 Å². The van der Waals surface area contributed by atoms with E-state index < -0.39 is 23.4 Å². The van der Waals surface area contributed by atoms with Gasteiger partial charge >= 0.3 is 6.18 Å². The predicted molar refractivity (Wildman–Crippen MR) is 129 cm³/mol. The minimum absolute atomic E-state index is 0.0224. The zero-order valence-corrected chi connectivity index (χ0v) is 19.3. The molecule has 0 aliphatic heterocycles. The summed E-state index contributed by atoms with van der Waals surface area (Å²) in [4.78, 5) is 16.3. The molecule has 0 bridgehead atoms. The third kappa shape index (κ3) is 7.07. The molecule has 0 saturated heterocycles. The van der Waals surface area contributed by atoms with Crippen molar-refractivity contribution in [3.63, 3.8) is 0 Å². The molecule has 0 aliphatic carbocycles. The largest absolute Gasteiger partial charge is 0.419 e. The molecule has 0 saturated carbocycles. The summed E-state index contributed by atoms with van der Waals surface area (Å²) in [5.41, 5.74) is 1.89. The summed E-state index contributed by atoms with van der Waals surface area (Å²) in [7, 11) is 0. The Morgan fingerprint density at radius 1 is 0.892 bits per heavy atom. The van der Waals surface area contributed by atoms with Crippen LogP contribution < -0.4 is 16.1 Å². The number of nitrogens with one attached hydrogen (secondary N) is 3. The van der Waals surface area contributed by atoms with E-state index in [4.69, 9.17) is 11.6 Å². The van der Waals surface area contributed by atoms with Crippen molar-refractivity contribution in [2.24, 2.45) is 5.10 Å². The molecular weight excluding hydrogens is 519 g/mol. The highest BCUT2D eigenvalue weighted by molar-refractivity contribution is 6.29. The molecule has 190 valence electrons. The van der Waals surface area contributed by atoms with E-state index in [1.54, 1.807) is 18.2 Å². The van der Waals surface area contributed by atoms with E-state index in [0.29, 0.717) is 17.3 Å². The molecule has 2 aromatic heterocycles. The van der Waals surface area contributed by atoms with Crippen LogP contribution in [0.4, 0.5) is 45.5 Å². The van der Waals surface area contributed by atoms with Gasteiger partial charge in [0.25, 0.3) is 0 Å². The number of hydrogen-bond donors (Lipinski definition) is 3. The van der Waals surface area contributed by atoms with Gasteiger partial charge in [-0.3, -0.25) is 0 Å². The van der Waals surface area contributed by atoms with Crippen molar-refractivity contribution in [2.45, 2.75) is 12.7 Å². The van der Waals surface area contributed by atoms with Crippen LogP contribution >= 0.6 is 11.6 Å². The lowest BCUT2D eigenvalue weighted by atomic mass is 10.2. The summed E-state index contributed by atoms with van der Waals surface area (Å²) in [6, 6.07) is 11.6. The van der Waals surface area contributed by atoms with Crippen molar-refractivity contribution in [2.75, 3.05) is 16.1 Å². The van der Waals surface area contributed by atoms with Gasteiger partial charge in [-0.1, -0.05) is 35.9 Å². The van der Waals surface area contributed by atoms with Crippen molar-refractivity contribution >= 4 is 41.3 Å². The average Bonchev–Trinajstić information content (AvgIpc) is 2.85. The minimum Gasteiger partial charge on any atom is -0.350 e. The maximum atomic E-state index is 13.8. The Balaban J connectivity index is 1.59. The lowest BCUT2D eigenvalue weighted by Crippen LogP contribution is -2.11. The molecule has 0 amide bonds. The fraction of sp³-hybridized carbons (Fsp3) is 0.0870. The number of anilines is 4. The summed E-state index contributed by atoms with van der Waals surface area (Å²) in [5.74, 6) is -2.18. The van der Waals surface area contributed by atoms with E-state index in [0.717, 1.165) is 11.6 Å². The fourth-order valence-corrected chi connectivity index (χ4v) is 3.05. The molecule has 4 rings (SSSR count). The first-order chi connectivity index (χ1) is 17.7. The number of hydrazone groups is 1. The number of rotatable bonds is 8. The number of nitrogens with zero attached hydrogens (tertiary/aromatic N) is 5. The second kappa shape index (κ2) is 11.1. The third-order valence-electron chi connectivity index (χ3n) is 4.68. The molecule has 37 heavy (non-hydrogen) atoms. The standard InChI is InChI=1S/C23H16ClF5N8/c24-19-8-5-13(10-30-19)11-31-20-34-21(33-15-6-7-18(26)16(9-15)23(27,28)29)36-22(35-20)37-32-12-14-3-1-2-4-17(14)25/h1-10,12H,11H2,(H3,31,33,34,35,36,37)/b32-12+. The number of halogens is 6. The Morgan fingerprint density at radius 2 is 1.65 bits per heavy atom. The predicted octanol–water partition coefficient (Wildman–Crippen LogP) is 6.02. The van der Waals surface area contributed by atoms with Gasteiger partial charge in [0, 0.05) is 24.0 Å². The van der Waals surface area contributed by atoms with Crippen LogP contribution in [0, 0.1) is 11.6 Å². The second-order valence-electron chi connectivity index (χ2n) is 7.36. The van der Waals surface area contributed by atoms with Gasteiger partial charge in [0.05, 0.1) is 11.8 Å². The first-order valence-electron chi connectivity index (χ1n) is 10.4. The van der Waals surface area contributed by atoms with Gasteiger partial charge in [-0.15, -0.1) is 0 Å². The Kier molecular flexibility index (Phi) is 7.72. The van der Waals surface area contributed by atoms with E-state index in [-0.39, 0.29) is 35.6 Å². The summed E-state index contributed by atoms with van der Waals surface area (Å²) >= 11 is 5.79. The van der Waals surface area contributed by atoms with Crippen molar-refractivity contribution in [3.05, 3.63) is 94.3 Å². The van der Waals surface area contributed by atoms with Crippen LogP contribution in [-0.4, -0.2) is 26.2 Å². The molecule has 0 radical (unpaired) electrons. The van der Waals surface area contributed by atoms with E-state index in [9.17, 15) is 22.0 Å². The fourth-order valence-electron chi connectivity index (χ4n) is 2.94. The zero-order valence-electron chi connectivity index (χ0n) is 18.6. The lowest BCUT2D eigenvalue weighted by molar-refractivity contribution is -0.139. The quantitative estimate of drug-likeness (QED) is 0.110. The van der Waals surface area contributed by atoms with Gasteiger partial charge in [-0.2, -0.15) is 33.2 Å². The Hall–Kier alpha value is -4.39. The Bertz CT molecular complexity index is 1410. The van der Waals surface area contributed by atoms with Gasteiger partial charge in [-0.25, -0.2) is 19.2 Å². The SMILES string of the molecule is Fc1ccccc1/C=N/Nc1nc(NCc2ccc(Cl)nc2)nc(Nc2ccc(F)c(C(F)(F)F)c2)n1. The van der Waals surface area contributed by atoms with Gasteiger partial charge in [0.15, 0.2) is 0 Å². The molecule has 8 nitrogen and oxygen atoms in total. The molecule has 0 spiro atoms. The molecule has 2 heterocycles. The highest BCUT2D eigenvalue weighted by atomic mass is 35.5. The number of benzene rings is 2. The third-order valence-corrected chi connectivity index (χ3v) is 4.90. The number of hydrogen-bond acceptors (Lipinski definition) is 8. The summed E-state index contributed by atoms with van der Waals surface area (Å²) in [6.45, 7) is 0.223. The molecule has 2 aromatic carbocycles. The highest BCUT2D eigenvalue weighted by Crippen LogP contribution is 2.33. The lowest BCUT2D eigenvalue weighted by Gasteiger charge is -2.12. The Morgan fingerprint density at radius 3 is 2.38 bits per heavy atom. The molecular formula is C23H16ClF5N8. The average molecular weight is 535 g/mol. The Labute approximate surface area is 211 Å². The number of pyridine rings is 1.